The molecule has 21 heavy (non-hydrogen) atoms. The lowest BCUT2D eigenvalue weighted by atomic mass is 10.0. The van der Waals surface area contributed by atoms with Gasteiger partial charge in [0.2, 0.25) is 0 Å². The number of hydrogen-bond donors (Lipinski definition) is 1. The van der Waals surface area contributed by atoms with Gasteiger partial charge in [0.05, 0.1) is 16.4 Å². The summed E-state index contributed by atoms with van der Waals surface area (Å²) in [7, 11) is 0. The maximum absolute atomic E-state index is 6.46. The average Bonchev–Trinajstić information content (AvgIpc) is 2.84. The third-order valence-corrected chi connectivity index (χ3v) is 4.26. The van der Waals surface area contributed by atoms with Gasteiger partial charge in [-0.2, -0.15) is 5.10 Å². The predicted octanol–water partition coefficient (Wildman–Crippen LogP) is 4.36. The standard InChI is InChI=1S/C17H24ClN3/c1-4-14(13-10-8-7-9-11-13)19-12-16-17(18)15(5-2)20-21(16)6-3/h7-11,14,19H,4-6,12H2,1-3H3. The van der Waals surface area contributed by atoms with Gasteiger partial charge in [0.15, 0.2) is 0 Å². The van der Waals surface area contributed by atoms with Crippen molar-refractivity contribution in [1.82, 2.24) is 15.1 Å². The highest BCUT2D eigenvalue weighted by Crippen LogP contribution is 2.23. The molecule has 1 unspecified atom stereocenters. The predicted molar refractivity (Wildman–Crippen MR) is 88.6 cm³/mol. The Bertz CT molecular complexity index is 563. The third-order valence-electron chi connectivity index (χ3n) is 3.82. The highest BCUT2D eigenvalue weighted by molar-refractivity contribution is 6.31. The van der Waals surface area contributed by atoms with Crippen LogP contribution in [0.3, 0.4) is 0 Å². The number of nitrogens with one attached hydrogen (secondary N) is 1. The molecule has 1 aromatic carbocycles. The molecule has 0 amide bonds. The molecular weight excluding hydrogens is 282 g/mol. The van der Waals surface area contributed by atoms with Crippen LogP contribution in [0.2, 0.25) is 5.02 Å². The molecule has 1 aromatic heterocycles. The lowest BCUT2D eigenvalue weighted by Crippen LogP contribution is -2.22. The van der Waals surface area contributed by atoms with Gasteiger partial charge in [-0.3, -0.25) is 4.68 Å². The number of hydrogen-bond acceptors (Lipinski definition) is 2. The maximum atomic E-state index is 6.46. The van der Waals surface area contributed by atoms with Crippen molar-refractivity contribution < 1.29 is 0 Å². The summed E-state index contributed by atoms with van der Waals surface area (Å²) in [6.07, 6.45) is 1.91. The minimum absolute atomic E-state index is 0.340. The van der Waals surface area contributed by atoms with Crippen LogP contribution in [0.1, 0.15) is 50.2 Å². The van der Waals surface area contributed by atoms with Crippen molar-refractivity contribution in [1.29, 1.82) is 0 Å². The summed E-state index contributed by atoms with van der Waals surface area (Å²) < 4.78 is 2.01. The number of benzene rings is 1. The molecule has 2 aromatic rings. The third kappa shape index (κ3) is 3.66. The van der Waals surface area contributed by atoms with Crippen LogP contribution in [0.4, 0.5) is 0 Å². The van der Waals surface area contributed by atoms with E-state index >= 15 is 0 Å². The van der Waals surface area contributed by atoms with Crippen molar-refractivity contribution in [2.75, 3.05) is 0 Å². The molecule has 1 heterocycles. The zero-order chi connectivity index (χ0) is 15.2. The molecule has 1 atom stereocenters. The van der Waals surface area contributed by atoms with E-state index in [1.54, 1.807) is 0 Å². The Kier molecular flexibility index (Phi) is 5.83. The van der Waals surface area contributed by atoms with Gasteiger partial charge in [-0.15, -0.1) is 0 Å². The summed E-state index contributed by atoms with van der Waals surface area (Å²) in [5.41, 5.74) is 3.39. The van der Waals surface area contributed by atoms with Gasteiger partial charge in [0.25, 0.3) is 0 Å². The first kappa shape index (κ1) is 16.1. The zero-order valence-corrected chi connectivity index (χ0v) is 13.8. The Morgan fingerprint density at radius 2 is 1.90 bits per heavy atom. The van der Waals surface area contributed by atoms with Crippen LogP contribution in [0, 0.1) is 0 Å². The van der Waals surface area contributed by atoms with E-state index in [2.05, 4.69) is 55.5 Å². The summed E-state index contributed by atoms with van der Waals surface area (Å²) in [5, 5.41) is 8.99. The fourth-order valence-electron chi connectivity index (χ4n) is 2.59. The number of halogens is 1. The first-order chi connectivity index (χ1) is 10.2. The molecule has 0 aliphatic rings. The maximum Gasteiger partial charge on any atom is 0.0863 e. The van der Waals surface area contributed by atoms with Gasteiger partial charge in [0, 0.05) is 19.1 Å². The Labute approximate surface area is 132 Å². The summed E-state index contributed by atoms with van der Waals surface area (Å²) in [6, 6.07) is 10.9. The van der Waals surface area contributed by atoms with Crippen LogP contribution in [0.5, 0.6) is 0 Å². The van der Waals surface area contributed by atoms with Crippen molar-refractivity contribution in [2.24, 2.45) is 0 Å². The normalized spacial score (nSPS) is 12.6. The van der Waals surface area contributed by atoms with E-state index in [0.717, 1.165) is 42.3 Å². The topological polar surface area (TPSA) is 29.9 Å². The molecule has 2 rings (SSSR count). The molecule has 0 spiro atoms. The first-order valence-electron chi connectivity index (χ1n) is 7.73. The average molecular weight is 306 g/mol. The Morgan fingerprint density at radius 1 is 1.19 bits per heavy atom. The fourth-order valence-corrected chi connectivity index (χ4v) is 2.93. The minimum atomic E-state index is 0.340. The van der Waals surface area contributed by atoms with E-state index in [1.807, 2.05) is 10.7 Å². The summed E-state index contributed by atoms with van der Waals surface area (Å²) >= 11 is 6.46. The summed E-state index contributed by atoms with van der Waals surface area (Å²) in [4.78, 5) is 0. The molecule has 0 saturated heterocycles. The van der Waals surface area contributed by atoms with E-state index in [-0.39, 0.29) is 0 Å². The zero-order valence-electron chi connectivity index (χ0n) is 13.1. The van der Waals surface area contributed by atoms with Gasteiger partial charge in [-0.05, 0) is 25.3 Å². The summed E-state index contributed by atoms with van der Waals surface area (Å²) in [6.45, 7) is 7.97. The van der Waals surface area contributed by atoms with Crippen LogP contribution >= 0.6 is 11.6 Å². The minimum Gasteiger partial charge on any atom is -0.304 e. The van der Waals surface area contributed by atoms with Crippen LogP contribution in [0.15, 0.2) is 30.3 Å². The second kappa shape index (κ2) is 7.62. The number of nitrogens with zero attached hydrogens (tertiary/aromatic N) is 2. The Morgan fingerprint density at radius 3 is 2.48 bits per heavy atom. The van der Waals surface area contributed by atoms with Crippen molar-refractivity contribution in [2.45, 2.75) is 52.7 Å². The molecule has 4 heteroatoms. The van der Waals surface area contributed by atoms with Crippen molar-refractivity contribution >= 4 is 11.6 Å². The van der Waals surface area contributed by atoms with E-state index in [9.17, 15) is 0 Å². The van der Waals surface area contributed by atoms with Crippen LogP contribution in [-0.4, -0.2) is 9.78 Å². The highest BCUT2D eigenvalue weighted by atomic mass is 35.5. The fraction of sp³-hybridized carbons (Fsp3) is 0.471. The second-order valence-corrected chi connectivity index (χ2v) is 5.51. The van der Waals surface area contributed by atoms with Crippen LogP contribution < -0.4 is 5.32 Å². The van der Waals surface area contributed by atoms with Crippen molar-refractivity contribution in [3.8, 4) is 0 Å². The van der Waals surface area contributed by atoms with Gasteiger partial charge >= 0.3 is 0 Å². The second-order valence-electron chi connectivity index (χ2n) is 5.13. The number of rotatable bonds is 7. The molecule has 0 fully saturated rings. The number of aromatic nitrogens is 2. The molecule has 0 aliphatic heterocycles. The molecule has 0 radical (unpaired) electrons. The monoisotopic (exact) mass is 305 g/mol. The Balaban J connectivity index is 2.13. The smallest absolute Gasteiger partial charge is 0.0863 e. The molecule has 114 valence electrons. The van der Waals surface area contributed by atoms with Gasteiger partial charge in [0.1, 0.15) is 0 Å². The van der Waals surface area contributed by atoms with E-state index in [1.165, 1.54) is 5.56 Å². The van der Waals surface area contributed by atoms with Gasteiger partial charge < -0.3 is 5.32 Å². The quantitative estimate of drug-likeness (QED) is 0.823. The molecule has 1 N–H and O–H groups in total. The van der Waals surface area contributed by atoms with Gasteiger partial charge in [-0.1, -0.05) is 55.8 Å². The molecule has 3 nitrogen and oxygen atoms in total. The van der Waals surface area contributed by atoms with E-state index < -0.39 is 0 Å². The lowest BCUT2D eigenvalue weighted by Gasteiger charge is -2.18. The SMILES string of the molecule is CCc1nn(CC)c(CNC(CC)c2ccccc2)c1Cl. The molecule has 0 saturated carbocycles. The molecule has 0 aliphatic carbocycles. The first-order valence-corrected chi connectivity index (χ1v) is 8.11. The highest BCUT2D eigenvalue weighted by Gasteiger charge is 2.16. The largest absolute Gasteiger partial charge is 0.304 e. The lowest BCUT2D eigenvalue weighted by molar-refractivity contribution is 0.494. The molecule has 0 bridgehead atoms. The van der Waals surface area contributed by atoms with Crippen molar-refractivity contribution in [3.63, 3.8) is 0 Å². The number of aryl methyl sites for hydroxylation is 2. The van der Waals surface area contributed by atoms with Crippen LogP contribution in [-0.2, 0) is 19.5 Å². The van der Waals surface area contributed by atoms with Crippen LogP contribution in [0.25, 0.3) is 0 Å². The van der Waals surface area contributed by atoms with E-state index in [4.69, 9.17) is 11.6 Å². The van der Waals surface area contributed by atoms with E-state index in [0.29, 0.717) is 6.04 Å². The molecular formula is C17H24ClN3. The Hall–Kier alpha value is -1.32. The van der Waals surface area contributed by atoms with Crippen molar-refractivity contribution in [3.05, 3.63) is 52.3 Å². The summed E-state index contributed by atoms with van der Waals surface area (Å²) in [5.74, 6) is 0. The van der Waals surface area contributed by atoms with Gasteiger partial charge in [-0.25, -0.2) is 0 Å².